The van der Waals surface area contributed by atoms with Crippen LogP contribution in [0.5, 0.6) is 17.2 Å². The predicted octanol–water partition coefficient (Wildman–Crippen LogP) is 2.69. The highest BCUT2D eigenvalue weighted by atomic mass is 16.5. The lowest BCUT2D eigenvalue weighted by Crippen LogP contribution is -2.34. The molecule has 0 heterocycles. The number of aliphatic carboxylic acids is 1. The van der Waals surface area contributed by atoms with E-state index in [1.54, 1.807) is 6.07 Å². The second kappa shape index (κ2) is 9.64. The van der Waals surface area contributed by atoms with E-state index >= 15 is 0 Å². The van der Waals surface area contributed by atoms with E-state index in [9.17, 15) is 14.7 Å². The third kappa shape index (κ3) is 5.16. The zero-order valence-corrected chi connectivity index (χ0v) is 16.4. The van der Waals surface area contributed by atoms with Gasteiger partial charge in [0, 0.05) is 18.7 Å². The van der Waals surface area contributed by atoms with Gasteiger partial charge in [-0.05, 0) is 18.9 Å². The smallest absolute Gasteiger partial charge is 0.308 e. The summed E-state index contributed by atoms with van der Waals surface area (Å²) in [5, 5.41) is 12.2. The standard InChI is InChI=1S/C21H25NO6/c1-13-6-5-7-14(8-13)9-15(21(24)25)12-22-20(23)16-10-18(27-3)19(28-4)11-17(16)26-2/h5-8,10-11,15H,9,12H2,1-4H3,(H,22,23)(H,24,25). The summed E-state index contributed by atoms with van der Waals surface area (Å²) in [6, 6.07) is 10.7. The maximum absolute atomic E-state index is 12.6. The molecule has 2 N–H and O–H groups in total. The average Bonchev–Trinajstić information content (AvgIpc) is 2.69. The van der Waals surface area contributed by atoms with E-state index in [0.29, 0.717) is 23.7 Å². The summed E-state index contributed by atoms with van der Waals surface area (Å²) in [6.07, 6.45) is 0.320. The van der Waals surface area contributed by atoms with E-state index in [1.165, 1.54) is 27.4 Å². The Morgan fingerprint density at radius 3 is 2.21 bits per heavy atom. The first-order valence-electron chi connectivity index (χ1n) is 8.76. The number of carbonyl (C=O) groups excluding carboxylic acids is 1. The highest BCUT2D eigenvalue weighted by Crippen LogP contribution is 2.34. The Kier molecular flexibility index (Phi) is 7.26. The van der Waals surface area contributed by atoms with Crippen molar-refractivity contribution >= 4 is 11.9 Å². The Labute approximate surface area is 164 Å². The minimum absolute atomic E-state index is 0.0143. The summed E-state index contributed by atoms with van der Waals surface area (Å²) >= 11 is 0. The van der Waals surface area contributed by atoms with Crippen molar-refractivity contribution in [2.45, 2.75) is 13.3 Å². The molecule has 150 valence electrons. The Hall–Kier alpha value is -3.22. The number of amides is 1. The van der Waals surface area contributed by atoms with Crippen molar-refractivity contribution in [2.75, 3.05) is 27.9 Å². The van der Waals surface area contributed by atoms with Gasteiger partial charge in [0.25, 0.3) is 5.91 Å². The highest BCUT2D eigenvalue weighted by molar-refractivity contribution is 5.98. The van der Waals surface area contributed by atoms with Gasteiger partial charge in [0.1, 0.15) is 5.75 Å². The number of aryl methyl sites for hydroxylation is 1. The summed E-state index contributed by atoms with van der Waals surface area (Å²) < 4.78 is 15.7. The molecule has 0 aromatic heterocycles. The van der Waals surface area contributed by atoms with Crippen LogP contribution in [-0.4, -0.2) is 44.9 Å². The molecule has 1 atom stereocenters. The van der Waals surface area contributed by atoms with Crippen LogP contribution in [0.3, 0.4) is 0 Å². The molecule has 2 rings (SSSR count). The van der Waals surface area contributed by atoms with E-state index in [4.69, 9.17) is 14.2 Å². The number of carboxylic acids is 1. The van der Waals surface area contributed by atoms with Gasteiger partial charge in [-0.3, -0.25) is 9.59 Å². The molecule has 0 bridgehead atoms. The van der Waals surface area contributed by atoms with Gasteiger partial charge in [-0.1, -0.05) is 29.8 Å². The number of rotatable bonds is 9. The SMILES string of the molecule is COc1cc(OC)c(C(=O)NCC(Cc2cccc(C)c2)C(=O)O)cc1OC. The molecule has 0 aliphatic rings. The fourth-order valence-electron chi connectivity index (χ4n) is 2.89. The number of methoxy groups -OCH3 is 3. The molecular formula is C21H25NO6. The monoisotopic (exact) mass is 387 g/mol. The van der Waals surface area contributed by atoms with E-state index in [0.717, 1.165) is 11.1 Å². The van der Waals surface area contributed by atoms with Crippen molar-refractivity contribution < 1.29 is 28.9 Å². The normalized spacial score (nSPS) is 11.4. The van der Waals surface area contributed by atoms with Crippen LogP contribution < -0.4 is 19.5 Å². The summed E-state index contributed by atoms with van der Waals surface area (Å²) in [5.74, 6) is -1.06. The van der Waals surface area contributed by atoms with Gasteiger partial charge >= 0.3 is 5.97 Å². The molecule has 1 unspecified atom stereocenters. The summed E-state index contributed by atoms with van der Waals surface area (Å²) in [5.41, 5.74) is 2.20. The number of benzene rings is 2. The molecule has 7 heteroatoms. The fraction of sp³-hybridized carbons (Fsp3) is 0.333. The Morgan fingerprint density at radius 1 is 1.00 bits per heavy atom. The molecule has 0 fully saturated rings. The fourth-order valence-corrected chi connectivity index (χ4v) is 2.89. The number of ether oxygens (including phenoxy) is 3. The van der Waals surface area contributed by atoms with Crippen molar-refractivity contribution in [1.82, 2.24) is 5.32 Å². The van der Waals surface area contributed by atoms with Crippen molar-refractivity contribution in [3.63, 3.8) is 0 Å². The van der Waals surface area contributed by atoms with Crippen molar-refractivity contribution in [3.05, 3.63) is 53.1 Å². The summed E-state index contributed by atoms with van der Waals surface area (Å²) in [6.45, 7) is 1.93. The maximum atomic E-state index is 12.6. The molecule has 0 spiro atoms. The second-order valence-electron chi connectivity index (χ2n) is 6.35. The third-order valence-electron chi connectivity index (χ3n) is 4.37. The zero-order chi connectivity index (χ0) is 20.7. The van der Waals surface area contributed by atoms with Crippen LogP contribution in [0.1, 0.15) is 21.5 Å². The Bertz CT molecular complexity index is 849. The van der Waals surface area contributed by atoms with Crippen molar-refractivity contribution in [1.29, 1.82) is 0 Å². The van der Waals surface area contributed by atoms with Gasteiger partial charge in [0.15, 0.2) is 11.5 Å². The number of hydrogen-bond acceptors (Lipinski definition) is 5. The molecule has 0 saturated heterocycles. The van der Waals surface area contributed by atoms with Gasteiger partial charge in [0.05, 0.1) is 32.8 Å². The maximum Gasteiger partial charge on any atom is 0.308 e. The summed E-state index contributed by atoms with van der Waals surface area (Å²) in [7, 11) is 4.39. The number of carbonyl (C=O) groups is 2. The van der Waals surface area contributed by atoms with Crippen LogP contribution >= 0.6 is 0 Å². The van der Waals surface area contributed by atoms with Gasteiger partial charge in [-0.25, -0.2) is 0 Å². The predicted molar refractivity (Wildman–Crippen MR) is 104 cm³/mol. The number of nitrogens with one attached hydrogen (secondary N) is 1. The molecule has 0 aliphatic heterocycles. The topological polar surface area (TPSA) is 94.1 Å². The molecule has 0 radical (unpaired) electrons. The lowest BCUT2D eigenvalue weighted by Gasteiger charge is -2.16. The molecule has 28 heavy (non-hydrogen) atoms. The van der Waals surface area contributed by atoms with Crippen LogP contribution in [0.2, 0.25) is 0 Å². The first-order chi connectivity index (χ1) is 13.4. The Morgan fingerprint density at radius 2 is 1.64 bits per heavy atom. The minimum Gasteiger partial charge on any atom is -0.496 e. The number of carboxylic acid groups (broad SMARTS) is 1. The number of hydrogen-bond donors (Lipinski definition) is 2. The second-order valence-corrected chi connectivity index (χ2v) is 6.35. The third-order valence-corrected chi connectivity index (χ3v) is 4.37. The lowest BCUT2D eigenvalue weighted by atomic mass is 9.98. The quantitative estimate of drug-likeness (QED) is 0.687. The van der Waals surface area contributed by atoms with Crippen molar-refractivity contribution in [2.24, 2.45) is 5.92 Å². The molecule has 0 saturated carbocycles. The zero-order valence-electron chi connectivity index (χ0n) is 16.4. The largest absolute Gasteiger partial charge is 0.496 e. The molecule has 2 aromatic carbocycles. The minimum atomic E-state index is -0.971. The van der Waals surface area contributed by atoms with Crippen LogP contribution in [0.15, 0.2) is 36.4 Å². The van der Waals surface area contributed by atoms with Crippen LogP contribution in [-0.2, 0) is 11.2 Å². The highest BCUT2D eigenvalue weighted by Gasteiger charge is 2.22. The first-order valence-corrected chi connectivity index (χ1v) is 8.76. The van der Waals surface area contributed by atoms with Gasteiger partial charge < -0.3 is 24.6 Å². The molecular weight excluding hydrogens is 362 g/mol. The molecule has 1 amide bonds. The van der Waals surface area contributed by atoms with Crippen LogP contribution in [0.25, 0.3) is 0 Å². The van der Waals surface area contributed by atoms with Crippen molar-refractivity contribution in [3.8, 4) is 17.2 Å². The molecule has 0 aliphatic carbocycles. The van der Waals surface area contributed by atoms with E-state index in [1.807, 2.05) is 31.2 Å². The van der Waals surface area contributed by atoms with Gasteiger partial charge in [0.2, 0.25) is 0 Å². The van der Waals surface area contributed by atoms with Crippen LogP contribution in [0.4, 0.5) is 0 Å². The van der Waals surface area contributed by atoms with Crippen LogP contribution in [0, 0.1) is 12.8 Å². The van der Waals surface area contributed by atoms with Gasteiger partial charge in [-0.2, -0.15) is 0 Å². The van der Waals surface area contributed by atoms with E-state index in [-0.39, 0.29) is 12.1 Å². The molecule has 7 nitrogen and oxygen atoms in total. The van der Waals surface area contributed by atoms with E-state index < -0.39 is 17.8 Å². The molecule has 2 aromatic rings. The van der Waals surface area contributed by atoms with E-state index in [2.05, 4.69) is 5.32 Å². The lowest BCUT2D eigenvalue weighted by molar-refractivity contribution is -0.141. The van der Waals surface area contributed by atoms with Gasteiger partial charge in [-0.15, -0.1) is 0 Å². The Balaban J connectivity index is 2.15. The average molecular weight is 387 g/mol. The summed E-state index contributed by atoms with van der Waals surface area (Å²) in [4.78, 5) is 24.3. The first kappa shape index (κ1) is 21.1.